The number of ether oxygens (including phenoxy) is 1. The first-order valence-electron chi connectivity index (χ1n) is 6.59. The molecular weight excluding hydrogens is 299 g/mol. The van der Waals surface area contributed by atoms with Gasteiger partial charge in [-0.3, -0.25) is 4.79 Å². The van der Waals surface area contributed by atoms with Crippen molar-refractivity contribution in [2.45, 2.75) is 32.2 Å². The number of rotatable bonds is 6. The number of aliphatic hydroxyl groups excluding tert-OH is 1. The van der Waals surface area contributed by atoms with Gasteiger partial charge < -0.3 is 15.2 Å². The van der Waals surface area contributed by atoms with Gasteiger partial charge in [0.25, 0.3) is 0 Å². The lowest BCUT2D eigenvalue weighted by Gasteiger charge is -2.24. The molecule has 0 radical (unpaired) electrons. The molecule has 0 unspecified atom stereocenters. The fourth-order valence-corrected chi connectivity index (χ4v) is 1.72. The standard InChI is InChI=1S/C15H18F3NO3/c1-14(2,9-10-20)19-13(21)8-7-11-5-3-4-6-12(11)22-15(16,17)18/h3-8,20H,9-10H2,1-2H3,(H,19,21). The second kappa shape index (κ2) is 7.31. The highest BCUT2D eigenvalue weighted by Crippen LogP contribution is 2.26. The Morgan fingerprint density at radius 1 is 1.32 bits per heavy atom. The Kier molecular flexibility index (Phi) is 5.99. The van der Waals surface area contributed by atoms with Crippen LogP contribution in [0.4, 0.5) is 13.2 Å². The normalized spacial score (nSPS) is 12.5. The Balaban J connectivity index is 2.80. The highest BCUT2D eigenvalue weighted by atomic mass is 19.4. The first-order chi connectivity index (χ1) is 10.1. The fraction of sp³-hybridized carbons (Fsp3) is 0.400. The van der Waals surface area contributed by atoms with Crippen LogP contribution in [-0.2, 0) is 4.79 Å². The summed E-state index contributed by atoms with van der Waals surface area (Å²) in [7, 11) is 0. The van der Waals surface area contributed by atoms with Gasteiger partial charge in [-0.05, 0) is 32.4 Å². The number of carbonyl (C=O) groups is 1. The van der Waals surface area contributed by atoms with E-state index in [1.54, 1.807) is 13.8 Å². The molecule has 122 valence electrons. The van der Waals surface area contributed by atoms with Gasteiger partial charge in [-0.1, -0.05) is 18.2 Å². The SMILES string of the molecule is CC(C)(CCO)NC(=O)C=Cc1ccccc1OC(F)(F)F. The van der Waals surface area contributed by atoms with E-state index in [1.165, 1.54) is 30.3 Å². The quantitative estimate of drug-likeness (QED) is 0.793. The van der Waals surface area contributed by atoms with Gasteiger partial charge in [0.2, 0.25) is 5.91 Å². The predicted octanol–water partition coefficient (Wildman–Crippen LogP) is 2.88. The minimum Gasteiger partial charge on any atom is -0.405 e. The molecule has 1 aromatic rings. The number of carbonyl (C=O) groups excluding carboxylic acids is 1. The summed E-state index contributed by atoms with van der Waals surface area (Å²) in [5.41, 5.74) is -0.479. The van der Waals surface area contributed by atoms with E-state index in [0.29, 0.717) is 6.42 Å². The summed E-state index contributed by atoms with van der Waals surface area (Å²) in [4.78, 5) is 11.8. The van der Waals surface area contributed by atoms with Gasteiger partial charge in [0.05, 0.1) is 0 Å². The number of amides is 1. The molecule has 0 aliphatic rings. The van der Waals surface area contributed by atoms with Crippen molar-refractivity contribution in [2.75, 3.05) is 6.61 Å². The molecule has 7 heteroatoms. The molecule has 1 aromatic carbocycles. The Bertz CT molecular complexity index is 539. The molecule has 1 rings (SSSR count). The van der Waals surface area contributed by atoms with Gasteiger partial charge >= 0.3 is 6.36 Å². The zero-order chi connectivity index (χ0) is 16.8. The van der Waals surface area contributed by atoms with Crippen molar-refractivity contribution in [2.24, 2.45) is 0 Å². The molecule has 0 saturated heterocycles. The van der Waals surface area contributed by atoms with Gasteiger partial charge in [-0.2, -0.15) is 0 Å². The minimum absolute atomic E-state index is 0.0841. The summed E-state index contributed by atoms with van der Waals surface area (Å²) in [6.07, 6.45) is -2.07. The lowest BCUT2D eigenvalue weighted by Crippen LogP contribution is -2.43. The van der Waals surface area contributed by atoms with E-state index in [4.69, 9.17) is 5.11 Å². The number of para-hydroxylation sites is 1. The number of hydrogen-bond acceptors (Lipinski definition) is 3. The van der Waals surface area contributed by atoms with Crippen LogP contribution in [0.1, 0.15) is 25.8 Å². The van der Waals surface area contributed by atoms with Crippen LogP contribution in [0, 0.1) is 0 Å². The number of halogens is 3. The van der Waals surface area contributed by atoms with Crippen LogP contribution < -0.4 is 10.1 Å². The number of benzene rings is 1. The summed E-state index contributed by atoms with van der Waals surface area (Å²) < 4.78 is 40.7. The molecule has 22 heavy (non-hydrogen) atoms. The molecule has 4 nitrogen and oxygen atoms in total. The maximum atomic E-state index is 12.3. The summed E-state index contributed by atoms with van der Waals surface area (Å²) in [5, 5.41) is 11.5. The zero-order valence-electron chi connectivity index (χ0n) is 12.3. The molecule has 0 aliphatic carbocycles. The molecule has 0 spiro atoms. The molecular formula is C15H18F3NO3. The first kappa shape index (κ1) is 18.0. The van der Waals surface area contributed by atoms with Crippen LogP contribution in [0.25, 0.3) is 6.08 Å². The summed E-state index contributed by atoms with van der Waals surface area (Å²) in [6.45, 7) is 3.38. The van der Waals surface area contributed by atoms with Crippen molar-refractivity contribution in [1.82, 2.24) is 5.32 Å². The van der Waals surface area contributed by atoms with E-state index >= 15 is 0 Å². The number of nitrogens with one attached hydrogen (secondary N) is 1. The molecule has 0 atom stereocenters. The van der Waals surface area contributed by atoms with Crippen molar-refractivity contribution in [3.05, 3.63) is 35.9 Å². The third-order valence-corrected chi connectivity index (χ3v) is 2.76. The van der Waals surface area contributed by atoms with Crippen LogP contribution in [0.15, 0.2) is 30.3 Å². The van der Waals surface area contributed by atoms with Crippen molar-refractivity contribution in [1.29, 1.82) is 0 Å². The maximum absolute atomic E-state index is 12.3. The van der Waals surface area contributed by atoms with E-state index in [-0.39, 0.29) is 17.9 Å². The molecule has 2 N–H and O–H groups in total. The largest absolute Gasteiger partial charge is 0.573 e. The van der Waals surface area contributed by atoms with E-state index in [2.05, 4.69) is 10.1 Å². The molecule has 0 saturated carbocycles. The Morgan fingerprint density at radius 3 is 2.55 bits per heavy atom. The van der Waals surface area contributed by atoms with E-state index in [9.17, 15) is 18.0 Å². The molecule has 0 heterocycles. The number of alkyl halides is 3. The summed E-state index contributed by atoms with van der Waals surface area (Å²) in [5.74, 6) is -0.853. The molecule has 1 amide bonds. The number of aliphatic hydroxyl groups is 1. The lowest BCUT2D eigenvalue weighted by atomic mass is 10.0. The zero-order valence-corrected chi connectivity index (χ0v) is 12.3. The Labute approximate surface area is 126 Å². The van der Waals surface area contributed by atoms with E-state index in [0.717, 1.165) is 6.08 Å². The summed E-state index contributed by atoms with van der Waals surface area (Å²) in [6, 6.07) is 5.52. The Morgan fingerprint density at radius 2 is 1.95 bits per heavy atom. The van der Waals surface area contributed by atoms with Gasteiger partial charge in [-0.25, -0.2) is 0 Å². The monoisotopic (exact) mass is 317 g/mol. The van der Waals surface area contributed by atoms with Crippen LogP contribution in [-0.4, -0.2) is 29.5 Å². The highest BCUT2D eigenvalue weighted by Gasteiger charge is 2.31. The lowest BCUT2D eigenvalue weighted by molar-refractivity contribution is -0.274. The average Bonchev–Trinajstić information content (AvgIpc) is 2.35. The summed E-state index contributed by atoms with van der Waals surface area (Å²) >= 11 is 0. The molecule has 0 fully saturated rings. The van der Waals surface area contributed by atoms with Crippen molar-refractivity contribution >= 4 is 12.0 Å². The van der Waals surface area contributed by atoms with Gasteiger partial charge in [0.1, 0.15) is 5.75 Å². The first-order valence-corrected chi connectivity index (χ1v) is 6.59. The molecule has 0 aliphatic heterocycles. The molecule has 0 bridgehead atoms. The highest BCUT2D eigenvalue weighted by molar-refractivity contribution is 5.92. The third kappa shape index (κ3) is 6.62. The molecule has 0 aromatic heterocycles. The topological polar surface area (TPSA) is 58.6 Å². The van der Waals surface area contributed by atoms with E-state index < -0.39 is 17.8 Å². The van der Waals surface area contributed by atoms with Crippen LogP contribution in [0.3, 0.4) is 0 Å². The average molecular weight is 317 g/mol. The van der Waals surface area contributed by atoms with Crippen molar-refractivity contribution in [3.8, 4) is 5.75 Å². The minimum atomic E-state index is -4.80. The Hall–Kier alpha value is -2.02. The second-order valence-corrected chi connectivity index (χ2v) is 5.27. The predicted molar refractivity (Wildman–Crippen MR) is 76.1 cm³/mol. The maximum Gasteiger partial charge on any atom is 0.573 e. The van der Waals surface area contributed by atoms with Crippen LogP contribution in [0.5, 0.6) is 5.75 Å². The third-order valence-electron chi connectivity index (χ3n) is 2.76. The van der Waals surface area contributed by atoms with Gasteiger partial charge in [0.15, 0.2) is 0 Å². The van der Waals surface area contributed by atoms with E-state index in [1.807, 2.05) is 0 Å². The van der Waals surface area contributed by atoms with Crippen LogP contribution >= 0.6 is 0 Å². The smallest absolute Gasteiger partial charge is 0.405 e. The van der Waals surface area contributed by atoms with Crippen molar-refractivity contribution < 1.29 is 27.8 Å². The van der Waals surface area contributed by atoms with Gasteiger partial charge in [-0.15, -0.1) is 13.2 Å². The second-order valence-electron chi connectivity index (χ2n) is 5.27. The van der Waals surface area contributed by atoms with Gasteiger partial charge in [0, 0.05) is 23.8 Å². The van der Waals surface area contributed by atoms with Crippen molar-refractivity contribution in [3.63, 3.8) is 0 Å². The number of hydrogen-bond donors (Lipinski definition) is 2. The fourth-order valence-electron chi connectivity index (χ4n) is 1.72. The van der Waals surface area contributed by atoms with Crippen LogP contribution in [0.2, 0.25) is 0 Å².